The molecule has 6 heteroatoms. The van der Waals surface area contributed by atoms with Gasteiger partial charge in [0.15, 0.2) is 6.61 Å². The highest BCUT2D eigenvalue weighted by atomic mass is 16.5. The molecule has 28 heavy (non-hydrogen) atoms. The molecule has 1 aromatic heterocycles. The van der Waals surface area contributed by atoms with E-state index in [9.17, 15) is 9.59 Å². The summed E-state index contributed by atoms with van der Waals surface area (Å²) in [6.45, 7) is 0.00497. The minimum Gasteiger partial charge on any atom is -0.497 e. The topological polar surface area (TPSA) is 77.5 Å². The number of fused-ring (bicyclic) bond motifs is 1. The molecule has 0 aliphatic rings. The monoisotopic (exact) mass is 376 g/mol. The highest BCUT2D eigenvalue weighted by Crippen LogP contribution is 2.17. The fraction of sp³-hybridized carbons (Fsp3) is 0.136. The van der Waals surface area contributed by atoms with Crippen LogP contribution in [0.25, 0.3) is 17.0 Å². The quantitative estimate of drug-likeness (QED) is 0.506. The molecule has 0 spiro atoms. The maximum Gasteiger partial charge on any atom is 0.331 e. The Morgan fingerprint density at radius 2 is 1.86 bits per heavy atom. The van der Waals surface area contributed by atoms with E-state index < -0.39 is 5.97 Å². The van der Waals surface area contributed by atoms with Gasteiger partial charge in [-0.2, -0.15) is 0 Å². The summed E-state index contributed by atoms with van der Waals surface area (Å²) in [4.78, 5) is 28.0. The predicted octanol–water partition coefficient (Wildman–Crippen LogP) is 3.12. The number of carbonyl (C=O) groups is 2. The Morgan fingerprint density at radius 1 is 1.07 bits per heavy atom. The third-order valence-electron chi connectivity index (χ3n) is 4.06. The van der Waals surface area contributed by atoms with E-state index in [2.05, 4.69) is 10.3 Å². The molecule has 1 N–H and O–H groups in total. The molecule has 0 fully saturated rings. The average molecular weight is 376 g/mol. The van der Waals surface area contributed by atoms with E-state index in [1.807, 2.05) is 54.6 Å². The Labute approximate surface area is 162 Å². The fourth-order valence-corrected chi connectivity index (χ4v) is 2.60. The molecule has 0 saturated heterocycles. The van der Waals surface area contributed by atoms with Crippen LogP contribution < -0.4 is 10.1 Å². The first-order valence-electron chi connectivity index (χ1n) is 8.74. The minimum atomic E-state index is -0.590. The molecule has 0 aliphatic carbocycles. The van der Waals surface area contributed by atoms with E-state index in [4.69, 9.17) is 9.47 Å². The molecule has 6 nitrogen and oxygen atoms in total. The van der Waals surface area contributed by atoms with E-state index in [0.29, 0.717) is 6.54 Å². The smallest absolute Gasteiger partial charge is 0.331 e. The van der Waals surface area contributed by atoms with Crippen LogP contribution in [0.15, 0.2) is 66.9 Å². The number of nitrogens with one attached hydrogen (secondary N) is 1. The van der Waals surface area contributed by atoms with Crippen LogP contribution in [0.3, 0.4) is 0 Å². The van der Waals surface area contributed by atoms with Crippen molar-refractivity contribution in [2.24, 2.45) is 0 Å². The largest absolute Gasteiger partial charge is 0.497 e. The van der Waals surface area contributed by atoms with Gasteiger partial charge in [0.25, 0.3) is 5.91 Å². The summed E-state index contributed by atoms with van der Waals surface area (Å²) in [5.74, 6) is -0.214. The van der Waals surface area contributed by atoms with E-state index >= 15 is 0 Å². The van der Waals surface area contributed by atoms with Crippen LogP contribution in [0.4, 0.5) is 0 Å². The second-order valence-electron chi connectivity index (χ2n) is 5.99. The van der Waals surface area contributed by atoms with Gasteiger partial charge in [-0.1, -0.05) is 36.4 Å². The van der Waals surface area contributed by atoms with Gasteiger partial charge in [-0.05, 0) is 29.8 Å². The van der Waals surface area contributed by atoms with Gasteiger partial charge in [0.2, 0.25) is 0 Å². The first kappa shape index (κ1) is 19.1. The summed E-state index contributed by atoms with van der Waals surface area (Å²) in [6, 6.07) is 16.8. The van der Waals surface area contributed by atoms with E-state index in [1.54, 1.807) is 19.4 Å². The number of carbonyl (C=O) groups excluding carboxylic acids is 2. The Hall–Kier alpha value is -3.67. The van der Waals surface area contributed by atoms with Gasteiger partial charge in [-0.25, -0.2) is 4.79 Å². The van der Waals surface area contributed by atoms with Crippen molar-refractivity contribution in [1.82, 2.24) is 10.3 Å². The highest BCUT2D eigenvalue weighted by Gasteiger charge is 2.06. The van der Waals surface area contributed by atoms with Crippen LogP contribution in [-0.4, -0.2) is 30.6 Å². The SMILES string of the molecule is COc1ccc(CNC(=O)COC(=O)/C=C/c2cccc3cccnc23)cc1. The number of esters is 1. The summed E-state index contributed by atoms with van der Waals surface area (Å²) < 4.78 is 10.1. The summed E-state index contributed by atoms with van der Waals surface area (Å²) in [7, 11) is 1.59. The fourth-order valence-electron chi connectivity index (χ4n) is 2.60. The molecular weight excluding hydrogens is 356 g/mol. The van der Waals surface area contributed by atoms with Gasteiger partial charge in [0.1, 0.15) is 5.75 Å². The molecular formula is C22H20N2O4. The first-order valence-corrected chi connectivity index (χ1v) is 8.74. The Bertz CT molecular complexity index is 992. The highest BCUT2D eigenvalue weighted by molar-refractivity contribution is 5.93. The van der Waals surface area contributed by atoms with Crippen LogP contribution in [-0.2, 0) is 20.9 Å². The maximum absolute atomic E-state index is 11.9. The zero-order valence-corrected chi connectivity index (χ0v) is 15.4. The molecule has 0 aliphatic heterocycles. The number of hydrogen-bond donors (Lipinski definition) is 1. The zero-order valence-electron chi connectivity index (χ0n) is 15.4. The second kappa shape index (κ2) is 9.32. The molecule has 1 amide bonds. The lowest BCUT2D eigenvalue weighted by Crippen LogP contribution is -2.28. The second-order valence-corrected chi connectivity index (χ2v) is 5.99. The molecule has 0 radical (unpaired) electrons. The van der Waals surface area contributed by atoms with Gasteiger partial charge >= 0.3 is 5.97 Å². The third-order valence-corrected chi connectivity index (χ3v) is 4.06. The number of nitrogens with zero attached hydrogens (tertiary/aromatic N) is 1. The van der Waals surface area contributed by atoms with Crippen molar-refractivity contribution in [3.8, 4) is 5.75 Å². The van der Waals surface area contributed by atoms with Gasteiger partial charge < -0.3 is 14.8 Å². The summed E-state index contributed by atoms with van der Waals surface area (Å²) in [5, 5.41) is 3.68. The van der Waals surface area contributed by atoms with Gasteiger partial charge in [0, 0.05) is 29.8 Å². The van der Waals surface area contributed by atoms with E-state index in [1.165, 1.54) is 6.08 Å². The van der Waals surface area contributed by atoms with Gasteiger partial charge in [0.05, 0.1) is 12.6 Å². The van der Waals surface area contributed by atoms with Crippen LogP contribution in [0, 0.1) is 0 Å². The Morgan fingerprint density at radius 3 is 2.64 bits per heavy atom. The van der Waals surface area contributed by atoms with Crippen LogP contribution in [0.2, 0.25) is 0 Å². The molecule has 3 aromatic rings. The number of aromatic nitrogens is 1. The maximum atomic E-state index is 11.9. The molecule has 3 rings (SSSR count). The summed E-state index contributed by atoms with van der Waals surface area (Å²) >= 11 is 0. The van der Waals surface area contributed by atoms with Crippen molar-refractivity contribution in [3.05, 3.63) is 78.0 Å². The van der Waals surface area contributed by atoms with E-state index in [-0.39, 0.29) is 12.5 Å². The number of benzene rings is 2. The number of ether oxygens (including phenoxy) is 2. The van der Waals surface area contributed by atoms with Crippen LogP contribution in [0.5, 0.6) is 5.75 Å². The molecule has 0 atom stereocenters. The lowest BCUT2D eigenvalue weighted by molar-refractivity contribution is -0.143. The molecule has 142 valence electrons. The van der Waals surface area contributed by atoms with Crippen molar-refractivity contribution >= 4 is 28.9 Å². The number of pyridine rings is 1. The van der Waals surface area contributed by atoms with Crippen molar-refractivity contribution < 1.29 is 19.1 Å². The molecule has 1 heterocycles. The Balaban J connectivity index is 1.48. The number of amides is 1. The van der Waals surface area contributed by atoms with E-state index in [0.717, 1.165) is 27.8 Å². The standard InChI is InChI=1S/C22H20N2O4/c1-27-19-10-7-16(8-11-19)14-24-20(25)15-28-21(26)12-9-18-5-2-4-17-6-3-13-23-22(17)18/h2-13H,14-15H2,1H3,(H,24,25)/b12-9+. The number of para-hydroxylation sites is 1. The number of hydrogen-bond acceptors (Lipinski definition) is 5. The number of rotatable bonds is 7. The van der Waals surface area contributed by atoms with Crippen molar-refractivity contribution in [1.29, 1.82) is 0 Å². The lowest BCUT2D eigenvalue weighted by atomic mass is 10.1. The summed E-state index contributed by atoms with van der Waals surface area (Å²) in [6.07, 6.45) is 4.62. The molecule has 2 aromatic carbocycles. The minimum absolute atomic E-state index is 0.340. The predicted molar refractivity (Wildman–Crippen MR) is 107 cm³/mol. The van der Waals surface area contributed by atoms with Gasteiger partial charge in [-0.15, -0.1) is 0 Å². The summed E-state index contributed by atoms with van der Waals surface area (Å²) in [5.41, 5.74) is 2.52. The van der Waals surface area contributed by atoms with Crippen LogP contribution >= 0.6 is 0 Å². The normalized spacial score (nSPS) is 10.8. The Kier molecular flexibility index (Phi) is 6.36. The first-order chi connectivity index (χ1) is 13.7. The number of methoxy groups -OCH3 is 1. The van der Waals surface area contributed by atoms with Crippen molar-refractivity contribution in [2.45, 2.75) is 6.54 Å². The molecule has 0 saturated carbocycles. The van der Waals surface area contributed by atoms with Crippen LogP contribution in [0.1, 0.15) is 11.1 Å². The zero-order chi connectivity index (χ0) is 19.8. The van der Waals surface area contributed by atoms with Crippen molar-refractivity contribution in [2.75, 3.05) is 13.7 Å². The molecule has 0 unspecified atom stereocenters. The third kappa shape index (κ3) is 5.17. The lowest BCUT2D eigenvalue weighted by Gasteiger charge is -2.06. The van der Waals surface area contributed by atoms with Gasteiger partial charge in [-0.3, -0.25) is 9.78 Å². The average Bonchev–Trinajstić information content (AvgIpc) is 2.75. The molecule has 0 bridgehead atoms. The van der Waals surface area contributed by atoms with Crippen molar-refractivity contribution in [3.63, 3.8) is 0 Å².